The molecule has 0 bridgehead atoms. The van der Waals surface area contributed by atoms with Crippen LogP contribution in [0, 0.1) is 24.2 Å². The fourth-order valence-corrected chi connectivity index (χ4v) is 4.02. The summed E-state index contributed by atoms with van der Waals surface area (Å²) in [4.78, 5) is 43.5. The standard InChI is InChI=1S/C23H14ClN5O3/c1-12-15(10-16-21(30)27-29(23(16)32)14-8-6-13(24)7-9-14)22(31)28-19-5-3-2-4-18(19)26-20(28)17(12)11-25/h2-10,16H,1H3,(H,27,30). The smallest absolute Gasteiger partial charge is 0.264 e. The number of pyridine rings is 1. The lowest BCUT2D eigenvalue weighted by Crippen LogP contribution is -2.36. The number of nitrogens with one attached hydrogen (secondary N) is 1. The molecule has 1 unspecified atom stereocenters. The number of imidazole rings is 1. The van der Waals surface area contributed by atoms with E-state index in [1.807, 2.05) is 0 Å². The number of amides is 2. The van der Waals surface area contributed by atoms with E-state index in [1.165, 1.54) is 10.5 Å². The quantitative estimate of drug-likeness (QED) is 0.476. The molecule has 0 saturated carbocycles. The van der Waals surface area contributed by atoms with Crippen LogP contribution in [-0.4, -0.2) is 21.2 Å². The predicted octanol–water partition coefficient (Wildman–Crippen LogP) is 1.87. The molecular weight excluding hydrogens is 430 g/mol. The fraction of sp³-hybridized carbons (Fsp3) is 0.0870. The van der Waals surface area contributed by atoms with Crippen LogP contribution in [0.15, 0.2) is 53.3 Å². The van der Waals surface area contributed by atoms with Gasteiger partial charge in [0.25, 0.3) is 17.4 Å². The van der Waals surface area contributed by atoms with Gasteiger partial charge in [0, 0.05) is 10.2 Å². The van der Waals surface area contributed by atoms with Crippen LogP contribution in [0.25, 0.3) is 22.8 Å². The monoisotopic (exact) mass is 443 g/mol. The predicted molar refractivity (Wildman–Crippen MR) is 119 cm³/mol. The minimum Gasteiger partial charge on any atom is -0.272 e. The van der Waals surface area contributed by atoms with Crippen molar-refractivity contribution in [1.82, 2.24) is 14.8 Å². The van der Waals surface area contributed by atoms with E-state index in [4.69, 9.17) is 11.6 Å². The molecule has 1 N–H and O–H groups in total. The van der Waals surface area contributed by atoms with Gasteiger partial charge in [-0.1, -0.05) is 23.7 Å². The minimum atomic E-state index is -1.23. The number of anilines is 1. The molecule has 9 heteroatoms. The van der Waals surface area contributed by atoms with E-state index in [2.05, 4.69) is 16.5 Å². The lowest BCUT2D eigenvalue weighted by molar-refractivity contribution is -0.125. The van der Waals surface area contributed by atoms with E-state index < -0.39 is 23.3 Å². The van der Waals surface area contributed by atoms with Gasteiger partial charge in [0.1, 0.15) is 12.0 Å². The fourth-order valence-electron chi connectivity index (χ4n) is 3.89. The molecule has 2 aromatic heterocycles. The Morgan fingerprint density at radius 1 is 1.12 bits per heavy atom. The molecule has 32 heavy (non-hydrogen) atoms. The van der Waals surface area contributed by atoms with E-state index >= 15 is 0 Å². The summed E-state index contributed by atoms with van der Waals surface area (Å²) >= 11 is 5.90. The number of para-hydroxylation sites is 2. The molecule has 8 nitrogen and oxygen atoms in total. The number of carbonyl (C=O) groups is 2. The highest BCUT2D eigenvalue weighted by Gasteiger charge is 2.38. The number of nitriles is 1. The Labute approximate surface area is 185 Å². The summed E-state index contributed by atoms with van der Waals surface area (Å²) in [6, 6.07) is 15.5. The Morgan fingerprint density at radius 3 is 2.56 bits per heavy atom. The maximum atomic E-state index is 13.4. The summed E-state index contributed by atoms with van der Waals surface area (Å²) in [6.45, 7) is 1.61. The number of rotatable bonds is 2. The van der Waals surface area contributed by atoms with Crippen molar-refractivity contribution in [1.29, 1.82) is 5.26 Å². The van der Waals surface area contributed by atoms with Crippen LogP contribution in [0.3, 0.4) is 0 Å². The molecule has 2 amide bonds. The number of aromatic nitrogens is 2. The van der Waals surface area contributed by atoms with Gasteiger partial charge in [0.05, 0.1) is 22.3 Å². The van der Waals surface area contributed by atoms with Crippen molar-refractivity contribution in [2.75, 3.05) is 5.01 Å². The molecule has 0 aliphatic carbocycles. The van der Waals surface area contributed by atoms with Crippen LogP contribution in [0.5, 0.6) is 0 Å². The number of benzene rings is 2. The first-order chi connectivity index (χ1) is 15.4. The zero-order valence-corrected chi connectivity index (χ0v) is 17.4. The zero-order chi connectivity index (χ0) is 22.6. The second-order valence-electron chi connectivity index (χ2n) is 7.36. The summed E-state index contributed by atoms with van der Waals surface area (Å²) in [6.07, 6.45) is 1.32. The Balaban J connectivity index is 1.72. The van der Waals surface area contributed by atoms with Crippen LogP contribution in [0.2, 0.25) is 5.02 Å². The van der Waals surface area contributed by atoms with Crippen LogP contribution < -0.4 is 21.2 Å². The lowest BCUT2D eigenvalue weighted by Gasteiger charge is -2.15. The van der Waals surface area contributed by atoms with E-state index in [0.29, 0.717) is 27.3 Å². The molecule has 5 rings (SSSR count). The van der Waals surface area contributed by atoms with Crippen LogP contribution in [-0.2, 0) is 9.59 Å². The molecule has 1 aliphatic rings. The van der Waals surface area contributed by atoms with Gasteiger partial charge < -0.3 is 0 Å². The van der Waals surface area contributed by atoms with E-state index in [0.717, 1.165) is 5.01 Å². The first-order valence-electron chi connectivity index (χ1n) is 9.66. The van der Waals surface area contributed by atoms with Crippen LogP contribution >= 0.6 is 11.6 Å². The normalized spacial score (nSPS) is 16.7. The summed E-state index contributed by atoms with van der Waals surface area (Å²) in [7, 11) is 0. The number of nitrogens with zero attached hydrogens (tertiary/aromatic N) is 4. The molecule has 3 heterocycles. The maximum Gasteiger partial charge on any atom is 0.264 e. The van der Waals surface area contributed by atoms with Crippen molar-refractivity contribution >= 4 is 51.9 Å². The number of fused-ring (bicyclic) bond motifs is 3. The van der Waals surface area contributed by atoms with Crippen molar-refractivity contribution < 1.29 is 9.59 Å². The van der Waals surface area contributed by atoms with Crippen molar-refractivity contribution in [2.24, 2.45) is 5.92 Å². The van der Waals surface area contributed by atoms with Crippen molar-refractivity contribution in [3.05, 3.63) is 80.3 Å². The average molecular weight is 444 g/mol. The van der Waals surface area contributed by atoms with Gasteiger partial charge in [0.2, 0.25) is 0 Å². The van der Waals surface area contributed by atoms with Gasteiger partial charge >= 0.3 is 0 Å². The van der Waals surface area contributed by atoms with Crippen molar-refractivity contribution in [2.45, 2.75) is 6.92 Å². The summed E-state index contributed by atoms with van der Waals surface area (Å²) in [5, 5.41) is 11.5. The number of hydrogen-bond donors (Lipinski definition) is 1. The van der Waals surface area contributed by atoms with E-state index in [-0.39, 0.29) is 16.4 Å². The Hall–Kier alpha value is -4.22. The highest BCUT2D eigenvalue weighted by atomic mass is 35.5. The molecule has 2 aromatic carbocycles. The highest BCUT2D eigenvalue weighted by Crippen LogP contribution is 2.23. The maximum absolute atomic E-state index is 13.4. The van der Waals surface area contributed by atoms with E-state index in [1.54, 1.807) is 55.5 Å². The van der Waals surface area contributed by atoms with Crippen LogP contribution in [0.4, 0.5) is 5.69 Å². The molecule has 0 radical (unpaired) electrons. The number of hydrazine groups is 1. The molecule has 1 fully saturated rings. The number of carbonyl (C=O) groups excluding carboxylic acids is 2. The van der Waals surface area contributed by atoms with Gasteiger partial charge in [-0.3, -0.25) is 24.2 Å². The number of hydrogen-bond acceptors (Lipinski definition) is 5. The van der Waals surface area contributed by atoms with Crippen molar-refractivity contribution in [3.63, 3.8) is 0 Å². The largest absolute Gasteiger partial charge is 0.272 e. The first kappa shape index (κ1) is 19.7. The second-order valence-corrected chi connectivity index (χ2v) is 7.80. The topological polar surface area (TPSA) is 108 Å². The third kappa shape index (κ3) is 2.83. The minimum absolute atomic E-state index is 0.114. The number of halogens is 1. The molecule has 1 saturated heterocycles. The summed E-state index contributed by atoms with van der Waals surface area (Å²) < 4.78 is 1.35. The van der Waals surface area contributed by atoms with Gasteiger partial charge in [-0.15, -0.1) is 0 Å². The molecule has 0 spiro atoms. The van der Waals surface area contributed by atoms with Gasteiger partial charge in [0.15, 0.2) is 5.65 Å². The van der Waals surface area contributed by atoms with E-state index in [9.17, 15) is 19.6 Å². The lowest BCUT2D eigenvalue weighted by atomic mass is 10.0. The van der Waals surface area contributed by atoms with Gasteiger partial charge in [-0.05, 0) is 55.0 Å². The first-order valence-corrected chi connectivity index (χ1v) is 10.0. The average Bonchev–Trinajstić information content (AvgIpc) is 3.30. The second kappa shape index (κ2) is 7.18. The molecule has 1 aliphatic heterocycles. The summed E-state index contributed by atoms with van der Waals surface area (Å²) in [5.74, 6) is -2.33. The third-order valence-electron chi connectivity index (χ3n) is 5.52. The van der Waals surface area contributed by atoms with Gasteiger partial charge in [-0.2, -0.15) is 5.26 Å². The third-order valence-corrected chi connectivity index (χ3v) is 5.77. The zero-order valence-electron chi connectivity index (χ0n) is 16.7. The van der Waals surface area contributed by atoms with Gasteiger partial charge in [-0.25, -0.2) is 9.99 Å². The molecular formula is C23H14ClN5O3. The van der Waals surface area contributed by atoms with Crippen molar-refractivity contribution in [3.8, 4) is 6.07 Å². The Kier molecular flexibility index (Phi) is 4.43. The summed E-state index contributed by atoms with van der Waals surface area (Å²) in [5.41, 5.74) is 4.46. The molecule has 1 atom stereocenters. The molecule has 156 valence electrons. The van der Waals surface area contributed by atoms with Crippen LogP contribution in [0.1, 0.15) is 11.1 Å². The SMILES string of the molecule is Cc1c(C#N)c2nc3ccccc3n2c(=O)c1=CC1C(=O)NN(c2ccc(Cl)cc2)C1=O. The Bertz CT molecular complexity index is 1600. The highest BCUT2D eigenvalue weighted by molar-refractivity contribution is 6.30. The Morgan fingerprint density at radius 2 is 1.84 bits per heavy atom. The molecule has 4 aromatic rings.